The van der Waals surface area contributed by atoms with E-state index in [-0.39, 0.29) is 5.91 Å². The van der Waals surface area contributed by atoms with Gasteiger partial charge in [0.15, 0.2) is 0 Å². The Balaban J connectivity index is 0.000000133. The Morgan fingerprint density at radius 3 is 0.737 bits per heavy atom. The molecule has 0 saturated carbocycles. The summed E-state index contributed by atoms with van der Waals surface area (Å²) in [4.78, 5) is 0. The highest BCUT2D eigenvalue weighted by molar-refractivity contribution is 4.76. The van der Waals surface area contributed by atoms with E-state index in [0.717, 1.165) is 31.0 Å². The maximum Gasteiger partial charge on any atom is 0.479 e. The third-order valence-corrected chi connectivity index (χ3v) is 14.9. The first-order chi connectivity index (χ1) is 18.8. The third kappa shape index (κ3) is 2.47. The van der Waals surface area contributed by atoms with Gasteiger partial charge in [0.1, 0.15) is 105 Å². The molecule has 8 aliphatic heterocycles. The molecule has 0 amide bonds. The van der Waals surface area contributed by atoms with Crippen LogP contribution in [0.25, 0.3) is 0 Å². The van der Waals surface area contributed by atoms with Gasteiger partial charge in [-0.1, -0.05) is 0 Å². The lowest BCUT2D eigenvalue weighted by atomic mass is 10.1. The minimum absolute atomic E-state index is 0.0556. The van der Waals surface area contributed by atoms with Crippen LogP contribution in [-0.4, -0.2) is 209 Å². The molecule has 6 unspecified atom stereocenters. The largest absolute Gasteiger partial charge is 0.479 e. The molecule has 0 radical (unpaired) electrons. The molecular formula is C30H64N8+8. The minimum atomic E-state index is 0.0556. The monoisotopic (exact) mass is 541 g/mol. The fourth-order valence-electron chi connectivity index (χ4n) is 14.6. The van der Waals surface area contributed by atoms with E-state index in [1.165, 1.54) is 135 Å². The summed E-state index contributed by atoms with van der Waals surface area (Å²) < 4.78 is 26.5. The van der Waals surface area contributed by atoms with E-state index >= 15 is 0 Å². The lowest BCUT2D eigenvalue weighted by Crippen LogP contribution is -2.93. The third-order valence-electron chi connectivity index (χ3n) is 14.9. The maximum atomic E-state index is 8.46. The van der Waals surface area contributed by atoms with Gasteiger partial charge < -0.3 is 0 Å². The quantitative estimate of drug-likeness (QED) is 0.391. The Morgan fingerprint density at radius 1 is 0.316 bits per heavy atom. The van der Waals surface area contributed by atoms with Gasteiger partial charge in [0, 0.05) is 25.7 Å². The van der Waals surface area contributed by atoms with Crippen molar-refractivity contribution >= 4 is 0 Å². The molecule has 216 valence electrons. The van der Waals surface area contributed by atoms with Gasteiger partial charge >= 0.3 is 11.8 Å². The first-order valence-electron chi connectivity index (χ1n) is 17.6. The van der Waals surface area contributed by atoms with E-state index in [1.807, 2.05) is 0 Å². The first kappa shape index (κ1) is 24.3. The van der Waals surface area contributed by atoms with E-state index in [4.69, 9.17) is 2.74 Å². The lowest BCUT2D eigenvalue weighted by molar-refractivity contribution is -1.41. The molecule has 38 heavy (non-hydrogen) atoms. The molecule has 8 heteroatoms. The molecular weight excluding hydrogens is 472 g/mol. The lowest BCUT2D eigenvalue weighted by Gasteiger charge is -2.61. The molecule has 8 saturated heterocycles. The van der Waals surface area contributed by atoms with E-state index in [2.05, 4.69) is 42.3 Å². The Labute approximate surface area is 237 Å². The van der Waals surface area contributed by atoms with Crippen LogP contribution in [0, 0.1) is 0 Å². The predicted octanol–water partition coefficient (Wildman–Crippen LogP) is 0.437. The van der Waals surface area contributed by atoms with Crippen LogP contribution in [0.5, 0.6) is 0 Å². The van der Waals surface area contributed by atoms with E-state index < -0.39 is 0 Å². The Hall–Kier alpha value is -0.320. The predicted molar refractivity (Wildman–Crippen MR) is 151 cm³/mol. The normalized spacial score (nSPS) is 64.5. The van der Waals surface area contributed by atoms with Crippen molar-refractivity contribution in [2.45, 2.75) is 37.5 Å². The van der Waals surface area contributed by atoms with Gasteiger partial charge in [0.2, 0.25) is 0 Å². The van der Waals surface area contributed by atoms with Crippen LogP contribution >= 0.6 is 0 Å². The van der Waals surface area contributed by atoms with Crippen LogP contribution in [0.4, 0.5) is 0 Å². The summed E-state index contributed by atoms with van der Waals surface area (Å²) in [5.41, 5.74) is 0. The molecule has 0 aromatic rings. The molecule has 0 bridgehead atoms. The summed E-state index contributed by atoms with van der Waals surface area (Å²) in [6, 6.07) is 0. The Morgan fingerprint density at radius 2 is 0.500 bits per heavy atom. The molecule has 8 aliphatic rings. The minimum Gasteiger partial charge on any atom is -0.165 e. The second kappa shape index (κ2) is 7.35. The summed E-state index contributed by atoms with van der Waals surface area (Å²) in [7, 11) is 16.3. The topological polar surface area (TPSA) is 0 Å². The summed E-state index contributed by atoms with van der Waals surface area (Å²) in [5, 5.41) is 0. The number of likely N-dealkylation sites (N-methyl/N-ethyl adjacent to an activating group) is 8. The zero-order valence-corrected chi connectivity index (χ0v) is 26.1. The number of quaternary nitrogens is 8. The van der Waals surface area contributed by atoms with Gasteiger partial charge in [0.05, 0.1) is 59.1 Å². The van der Waals surface area contributed by atoms with E-state index in [1.54, 1.807) is 0 Å². The number of rotatable bonds is 0. The number of hydrogen-bond donors (Lipinski definition) is 0. The SMILES string of the molecule is C[N+]12CCC[N@@+]3(C)CC[N@@+]4(C)CCC[N+](C)(CC1)C234.[3H]C[N+]12CCC[N@+]3(C)CC[N@+]4(C[3H])CCC[N+](C)(CC1)C234. The van der Waals surface area contributed by atoms with Crippen LogP contribution in [0.1, 0.15) is 28.4 Å². The molecule has 0 aliphatic carbocycles. The van der Waals surface area contributed by atoms with Crippen molar-refractivity contribution in [3.8, 4) is 0 Å². The fourth-order valence-corrected chi connectivity index (χ4v) is 14.6. The average Bonchev–Trinajstić information content (AvgIpc) is 3.56. The van der Waals surface area contributed by atoms with Crippen LogP contribution in [0.15, 0.2) is 0 Å². The van der Waals surface area contributed by atoms with Gasteiger partial charge in [-0.3, -0.25) is 0 Å². The van der Waals surface area contributed by atoms with E-state index in [9.17, 15) is 0 Å². The van der Waals surface area contributed by atoms with Crippen molar-refractivity contribution in [2.24, 2.45) is 0 Å². The summed E-state index contributed by atoms with van der Waals surface area (Å²) >= 11 is 0. The van der Waals surface area contributed by atoms with Crippen LogP contribution < -0.4 is 0 Å². The highest BCUT2D eigenvalue weighted by Gasteiger charge is 2.92. The highest BCUT2D eigenvalue weighted by atomic mass is 15.9. The van der Waals surface area contributed by atoms with Gasteiger partial charge in [-0.2, -0.15) is 35.9 Å². The van der Waals surface area contributed by atoms with Crippen molar-refractivity contribution in [3.63, 3.8) is 0 Å². The van der Waals surface area contributed by atoms with Crippen LogP contribution in [0.3, 0.4) is 0 Å². The van der Waals surface area contributed by atoms with Gasteiger partial charge in [0.25, 0.3) is 0 Å². The molecule has 10 atom stereocenters. The Bertz CT molecular complexity index is 957. The van der Waals surface area contributed by atoms with Crippen molar-refractivity contribution in [3.05, 3.63) is 0 Å². The smallest absolute Gasteiger partial charge is 0.165 e. The number of nitrogens with zero attached hydrogens (tertiary/aromatic N) is 8. The second-order valence-electron chi connectivity index (χ2n) is 16.9. The standard InChI is InChI=1S/2C15H32N4/c2*1-16-7-5-8-18(3)13-14-19(4)10-6-9-17(2,12-11-16)15(16,18)19/h2*5-14H2,1-4H3/q2*+4/t2*15?,16-,17+,18?,19?/i1T,4T;/m0./s1. The van der Waals surface area contributed by atoms with Gasteiger partial charge in [-0.05, 0) is 0 Å². The number of hydrogen-bond acceptors (Lipinski definition) is 0. The average molecular weight is 541 g/mol. The van der Waals surface area contributed by atoms with Gasteiger partial charge in [-0.25, -0.2) is 0 Å². The highest BCUT2D eigenvalue weighted by Crippen LogP contribution is 2.58. The van der Waals surface area contributed by atoms with Crippen molar-refractivity contribution in [2.75, 3.05) is 161 Å². The summed E-state index contributed by atoms with van der Waals surface area (Å²) in [5.74, 6) is 0.469. The van der Waals surface area contributed by atoms with Crippen molar-refractivity contribution in [1.82, 2.24) is 0 Å². The molecule has 0 aromatic carbocycles. The molecule has 0 N–H and O–H groups in total. The molecule has 8 rings (SSSR count). The van der Waals surface area contributed by atoms with Crippen LogP contribution in [0.2, 0.25) is 0 Å². The van der Waals surface area contributed by atoms with Crippen molar-refractivity contribution in [1.29, 1.82) is 0 Å². The van der Waals surface area contributed by atoms with Crippen LogP contribution in [-0.2, 0) is 0 Å². The first-order valence-corrected chi connectivity index (χ1v) is 16.2. The Kier molecular flexibility index (Phi) is 4.70. The maximum absolute atomic E-state index is 8.46. The van der Waals surface area contributed by atoms with Crippen molar-refractivity contribution < 1.29 is 38.6 Å². The summed E-state index contributed by atoms with van der Waals surface area (Å²) in [6.07, 6.45) is 5.37. The van der Waals surface area contributed by atoms with Gasteiger partial charge in [-0.15, -0.1) is 0 Å². The zero-order chi connectivity index (χ0) is 28.6. The molecule has 8 fully saturated rings. The molecule has 0 aromatic heterocycles. The fraction of sp³-hybridized carbons (Fsp3) is 1.00. The molecule has 2 spiro atoms. The second-order valence-corrected chi connectivity index (χ2v) is 16.9. The van der Waals surface area contributed by atoms with E-state index in [0.29, 0.717) is 20.0 Å². The molecule has 8 nitrogen and oxygen atoms in total. The summed E-state index contributed by atoms with van der Waals surface area (Å²) in [6.45, 7) is 20.9. The zero-order valence-electron chi connectivity index (χ0n) is 28.1. The molecule has 8 heterocycles.